The zero-order valence-electron chi connectivity index (χ0n) is 14.6. The van der Waals surface area contributed by atoms with Gasteiger partial charge in [0.05, 0.1) is 12.7 Å². The van der Waals surface area contributed by atoms with E-state index in [1.807, 2.05) is 53.2 Å². The molecule has 0 bridgehead atoms. The second kappa shape index (κ2) is 7.65. The fraction of sp³-hybridized carbons (Fsp3) is 0.150. The van der Waals surface area contributed by atoms with Crippen LogP contribution in [0, 0.1) is 0 Å². The maximum Gasteiger partial charge on any atom is 0.337 e. The van der Waals surface area contributed by atoms with Crippen LogP contribution in [0.15, 0.2) is 60.9 Å². The van der Waals surface area contributed by atoms with Crippen LogP contribution in [0.5, 0.6) is 0 Å². The van der Waals surface area contributed by atoms with Crippen molar-refractivity contribution >= 4 is 17.6 Å². The van der Waals surface area contributed by atoms with Crippen LogP contribution in [0.25, 0.3) is 11.4 Å². The highest BCUT2D eigenvalue weighted by Crippen LogP contribution is 2.22. The van der Waals surface area contributed by atoms with E-state index in [1.54, 1.807) is 12.3 Å². The van der Waals surface area contributed by atoms with Crippen molar-refractivity contribution in [2.45, 2.75) is 13.5 Å². The molecule has 0 spiro atoms. The number of ether oxygens (including phenoxy) is 1. The first-order valence-electron chi connectivity index (χ1n) is 8.13. The van der Waals surface area contributed by atoms with E-state index in [0.29, 0.717) is 12.1 Å². The number of carbonyl (C=O) groups is 2. The second-order valence-corrected chi connectivity index (χ2v) is 5.83. The first-order valence-corrected chi connectivity index (χ1v) is 8.13. The lowest BCUT2D eigenvalue weighted by Crippen LogP contribution is -2.06. The molecule has 1 N–H and O–H groups in total. The maximum absolute atomic E-state index is 11.7. The van der Waals surface area contributed by atoms with E-state index in [1.165, 1.54) is 14.0 Å². The Labute approximate surface area is 151 Å². The van der Waals surface area contributed by atoms with Crippen LogP contribution in [0.4, 0.5) is 5.69 Å². The lowest BCUT2D eigenvalue weighted by molar-refractivity contribution is -0.114. The van der Waals surface area contributed by atoms with Gasteiger partial charge in [0.25, 0.3) is 0 Å². The molecular formula is C20H19N3O3. The molecular weight excluding hydrogens is 330 g/mol. The smallest absolute Gasteiger partial charge is 0.337 e. The summed E-state index contributed by atoms with van der Waals surface area (Å²) in [5.74, 6) is 0.298. The lowest BCUT2D eigenvalue weighted by atomic mass is 10.1. The zero-order chi connectivity index (χ0) is 18.5. The normalized spacial score (nSPS) is 10.4. The van der Waals surface area contributed by atoms with Gasteiger partial charge in [-0.15, -0.1) is 0 Å². The number of nitrogens with zero attached hydrogens (tertiary/aromatic N) is 2. The fourth-order valence-electron chi connectivity index (χ4n) is 2.75. The molecule has 2 aromatic carbocycles. The number of aromatic nitrogens is 2. The van der Waals surface area contributed by atoms with Gasteiger partial charge in [-0.25, -0.2) is 9.78 Å². The molecule has 0 radical (unpaired) electrons. The monoisotopic (exact) mass is 349 g/mol. The third-order valence-electron chi connectivity index (χ3n) is 3.86. The Hall–Kier alpha value is -3.41. The summed E-state index contributed by atoms with van der Waals surface area (Å²) in [4.78, 5) is 27.4. The van der Waals surface area contributed by atoms with Gasteiger partial charge in [-0.1, -0.05) is 24.3 Å². The Balaban J connectivity index is 1.88. The standard InChI is InChI=1S/C20H19N3O3/c1-14(24)22-18-8-4-6-16(12-18)19-21-9-10-23(19)13-15-5-3-7-17(11-15)20(25)26-2/h3-12H,13H2,1-2H3,(H,22,24). The molecule has 0 saturated heterocycles. The van der Waals surface area contributed by atoms with Crippen LogP contribution in [0.2, 0.25) is 0 Å². The second-order valence-electron chi connectivity index (χ2n) is 5.83. The third-order valence-corrected chi connectivity index (χ3v) is 3.86. The van der Waals surface area contributed by atoms with Crippen LogP contribution < -0.4 is 5.32 Å². The first kappa shape index (κ1) is 17.4. The molecule has 0 aliphatic heterocycles. The molecule has 0 unspecified atom stereocenters. The molecule has 1 aromatic heterocycles. The van der Waals surface area contributed by atoms with Crippen molar-refractivity contribution in [1.82, 2.24) is 9.55 Å². The number of nitrogens with one attached hydrogen (secondary N) is 1. The van der Waals surface area contributed by atoms with Crippen LogP contribution in [-0.2, 0) is 16.1 Å². The molecule has 0 aliphatic carbocycles. The minimum Gasteiger partial charge on any atom is -0.465 e. The minimum atomic E-state index is -0.360. The van der Waals surface area contributed by atoms with Gasteiger partial charge in [0.15, 0.2) is 0 Å². The highest BCUT2D eigenvalue weighted by atomic mass is 16.5. The average molecular weight is 349 g/mol. The molecule has 26 heavy (non-hydrogen) atoms. The number of hydrogen-bond acceptors (Lipinski definition) is 4. The number of methoxy groups -OCH3 is 1. The van der Waals surface area contributed by atoms with Gasteiger partial charge in [-0.05, 0) is 29.8 Å². The predicted octanol–water partition coefficient (Wildman–Crippen LogP) is 3.34. The zero-order valence-corrected chi connectivity index (χ0v) is 14.6. The summed E-state index contributed by atoms with van der Waals surface area (Å²) >= 11 is 0. The number of esters is 1. The van der Waals surface area contributed by atoms with Gasteiger partial charge in [-0.3, -0.25) is 4.79 Å². The van der Waals surface area contributed by atoms with Gasteiger partial charge in [0, 0.05) is 37.1 Å². The summed E-state index contributed by atoms with van der Waals surface area (Å²) in [6.45, 7) is 2.03. The summed E-state index contributed by atoms with van der Waals surface area (Å²) < 4.78 is 6.76. The van der Waals surface area contributed by atoms with Crippen molar-refractivity contribution in [3.8, 4) is 11.4 Å². The van der Waals surface area contributed by atoms with Crippen molar-refractivity contribution in [2.24, 2.45) is 0 Å². The molecule has 3 rings (SSSR count). The van der Waals surface area contributed by atoms with Crippen molar-refractivity contribution in [2.75, 3.05) is 12.4 Å². The molecule has 3 aromatic rings. The highest BCUT2D eigenvalue weighted by molar-refractivity contribution is 5.90. The molecule has 0 fully saturated rings. The predicted molar refractivity (Wildman–Crippen MR) is 98.9 cm³/mol. The molecule has 132 valence electrons. The summed E-state index contributed by atoms with van der Waals surface area (Å²) in [5.41, 5.74) is 3.09. The van der Waals surface area contributed by atoms with Crippen molar-refractivity contribution in [3.63, 3.8) is 0 Å². The molecule has 1 heterocycles. The van der Waals surface area contributed by atoms with E-state index in [9.17, 15) is 9.59 Å². The topological polar surface area (TPSA) is 73.2 Å². The first-order chi connectivity index (χ1) is 12.6. The maximum atomic E-state index is 11.7. The quantitative estimate of drug-likeness (QED) is 0.717. The summed E-state index contributed by atoms with van der Waals surface area (Å²) in [5, 5.41) is 2.78. The largest absolute Gasteiger partial charge is 0.465 e. The molecule has 6 nitrogen and oxygen atoms in total. The summed E-state index contributed by atoms with van der Waals surface area (Å²) in [6.07, 6.45) is 3.61. The Kier molecular flexibility index (Phi) is 5.12. The lowest BCUT2D eigenvalue weighted by Gasteiger charge is -2.10. The van der Waals surface area contributed by atoms with Gasteiger partial charge in [0.1, 0.15) is 5.82 Å². The Bertz CT molecular complexity index is 947. The number of benzene rings is 2. The van der Waals surface area contributed by atoms with Crippen molar-refractivity contribution in [1.29, 1.82) is 0 Å². The summed E-state index contributed by atoms with van der Waals surface area (Å²) in [7, 11) is 1.37. The Morgan fingerprint density at radius 2 is 1.96 bits per heavy atom. The van der Waals surface area contributed by atoms with Crippen LogP contribution in [0.1, 0.15) is 22.8 Å². The number of amides is 1. The van der Waals surface area contributed by atoms with Crippen molar-refractivity contribution < 1.29 is 14.3 Å². The third kappa shape index (κ3) is 3.97. The number of carbonyl (C=O) groups excluding carboxylic acids is 2. The Morgan fingerprint density at radius 1 is 1.15 bits per heavy atom. The van der Waals surface area contributed by atoms with E-state index in [-0.39, 0.29) is 11.9 Å². The number of imidazole rings is 1. The van der Waals surface area contributed by atoms with Crippen LogP contribution in [0.3, 0.4) is 0 Å². The van der Waals surface area contributed by atoms with E-state index in [0.717, 1.165) is 22.6 Å². The molecule has 0 saturated carbocycles. The van der Waals surface area contributed by atoms with E-state index >= 15 is 0 Å². The number of anilines is 1. The van der Waals surface area contributed by atoms with E-state index < -0.39 is 0 Å². The summed E-state index contributed by atoms with van der Waals surface area (Å²) in [6, 6.07) is 14.8. The van der Waals surface area contributed by atoms with Gasteiger partial charge in [-0.2, -0.15) is 0 Å². The van der Waals surface area contributed by atoms with Gasteiger partial charge >= 0.3 is 5.97 Å². The minimum absolute atomic E-state index is 0.120. The van der Waals surface area contributed by atoms with Crippen molar-refractivity contribution in [3.05, 3.63) is 72.1 Å². The molecule has 0 atom stereocenters. The van der Waals surface area contributed by atoms with Crippen LogP contribution in [-0.4, -0.2) is 28.5 Å². The van der Waals surface area contributed by atoms with Gasteiger partial charge < -0.3 is 14.6 Å². The van der Waals surface area contributed by atoms with E-state index in [4.69, 9.17) is 4.74 Å². The average Bonchev–Trinajstić information content (AvgIpc) is 3.09. The van der Waals surface area contributed by atoms with E-state index in [2.05, 4.69) is 10.3 Å². The molecule has 1 amide bonds. The van der Waals surface area contributed by atoms with Crippen LogP contribution >= 0.6 is 0 Å². The fourth-order valence-corrected chi connectivity index (χ4v) is 2.75. The van der Waals surface area contributed by atoms with Gasteiger partial charge in [0.2, 0.25) is 5.91 Å². The number of rotatable bonds is 5. The Morgan fingerprint density at radius 3 is 2.73 bits per heavy atom. The highest BCUT2D eigenvalue weighted by Gasteiger charge is 2.10. The molecule has 6 heteroatoms. The number of hydrogen-bond donors (Lipinski definition) is 1. The molecule has 0 aliphatic rings. The SMILES string of the molecule is COC(=O)c1cccc(Cn2ccnc2-c2cccc(NC(C)=O)c2)c1.